The van der Waals surface area contributed by atoms with Gasteiger partial charge in [-0.2, -0.15) is 5.06 Å². The molecule has 3 N–H and O–H groups in total. The highest BCUT2D eigenvalue weighted by Gasteiger charge is 2.57. The molecule has 44 heavy (non-hydrogen) atoms. The van der Waals surface area contributed by atoms with Crippen LogP contribution in [0.5, 0.6) is 0 Å². The van der Waals surface area contributed by atoms with Gasteiger partial charge in [0.2, 0.25) is 5.91 Å². The number of carbonyl (C=O) groups excluding carboxylic acids is 2. The van der Waals surface area contributed by atoms with Gasteiger partial charge < -0.3 is 20.6 Å². The summed E-state index contributed by atoms with van der Waals surface area (Å²) >= 11 is 0. The lowest BCUT2D eigenvalue weighted by molar-refractivity contribution is -0.174. The van der Waals surface area contributed by atoms with Gasteiger partial charge in [0.25, 0.3) is 5.91 Å². The lowest BCUT2D eigenvalue weighted by Crippen LogP contribution is -2.62. The topological polar surface area (TPSA) is 94.1 Å². The SMILES string of the molecule is C[C@@H]1[C@@H](NC(=O)[C@@H]2[C@H]([C@H](C)O)[C@H](C)ON2Cc2cccc(-c3cccc(C(=O)N[C@H]4CCN(C)C4)c3)c2)C[C@H]2C[C@@H]1C2(C)C. The van der Waals surface area contributed by atoms with Gasteiger partial charge in [-0.1, -0.05) is 51.1 Å². The van der Waals surface area contributed by atoms with Gasteiger partial charge in [0.05, 0.1) is 18.8 Å². The number of likely N-dealkylation sites (tertiary alicyclic amines) is 1. The fourth-order valence-corrected chi connectivity index (χ4v) is 8.69. The summed E-state index contributed by atoms with van der Waals surface area (Å²) in [6.45, 7) is 13.0. The van der Waals surface area contributed by atoms with Crippen molar-refractivity contribution in [3.8, 4) is 11.1 Å². The number of aliphatic hydroxyl groups is 1. The van der Waals surface area contributed by atoms with Crippen LogP contribution in [-0.2, 0) is 16.2 Å². The van der Waals surface area contributed by atoms with Gasteiger partial charge in [0, 0.05) is 30.1 Å². The van der Waals surface area contributed by atoms with E-state index >= 15 is 0 Å². The fourth-order valence-electron chi connectivity index (χ4n) is 8.69. The minimum absolute atomic E-state index is 0.0473. The summed E-state index contributed by atoms with van der Waals surface area (Å²) in [7, 11) is 2.08. The molecule has 7 rings (SSSR count). The second kappa shape index (κ2) is 12.2. The number of likely N-dealkylation sites (N-methyl/N-ethyl adjacent to an activating group) is 1. The van der Waals surface area contributed by atoms with Crippen molar-refractivity contribution < 1.29 is 19.5 Å². The Labute approximate surface area is 262 Å². The first-order chi connectivity index (χ1) is 20.9. The Kier molecular flexibility index (Phi) is 8.65. The maximum Gasteiger partial charge on any atom is 0.251 e. The molecule has 3 saturated carbocycles. The highest BCUT2D eigenvalue weighted by atomic mass is 16.7. The molecular weight excluding hydrogens is 552 g/mol. The van der Waals surface area contributed by atoms with E-state index in [0.717, 1.165) is 42.6 Å². The molecule has 0 aromatic heterocycles. The third kappa shape index (κ3) is 5.94. The quantitative estimate of drug-likeness (QED) is 0.413. The Morgan fingerprint density at radius 3 is 2.45 bits per heavy atom. The van der Waals surface area contributed by atoms with E-state index in [2.05, 4.69) is 49.4 Å². The Morgan fingerprint density at radius 2 is 1.80 bits per heavy atom. The number of hydroxylamine groups is 2. The summed E-state index contributed by atoms with van der Waals surface area (Å²) in [5, 5.41) is 19.1. The van der Waals surface area contributed by atoms with Crippen molar-refractivity contribution in [2.45, 2.75) is 90.8 Å². The van der Waals surface area contributed by atoms with Gasteiger partial charge in [-0.3, -0.25) is 14.4 Å². The van der Waals surface area contributed by atoms with E-state index in [4.69, 9.17) is 4.84 Å². The number of hydrogen-bond acceptors (Lipinski definition) is 6. The summed E-state index contributed by atoms with van der Waals surface area (Å²) < 4.78 is 0. The van der Waals surface area contributed by atoms with Crippen LogP contribution in [0.4, 0.5) is 0 Å². The molecule has 2 aromatic rings. The zero-order chi connectivity index (χ0) is 31.3. The predicted octanol–water partition coefficient (Wildman–Crippen LogP) is 4.48. The van der Waals surface area contributed by atoms with E-state index in [1.807, 2.05) is 49.4 Å². The molecule has 0 unspecified atom stereocenters. The number of carbonyl (C=O) groups is 2. The van der Waals surface area contributed by atoms with Gasteiger partial charge in [-0.15, -0.1) is 0 Å². The molecule has 8 heteroatoms. The summed E-state index contributed by atoms with van der Waals surface area (Å²) in [4.78, 5) is 35.5. The lowest BCUT2D eigenvalue weighted by atomic mass is 9.45. The molecule has 2 saturated heterocycles. The molecule has 2 aromatic carbocycles. The monoisotopic (exact) mass is 602 g/mol. The largest absolute Gasteiger partial charge is 0.393 e. The van der Waals surface area contributed by atoms with Gasteiger partial charge in [0.1, 0.15) is 6.04 Å². The van der Waals surface area contributed by atoms with Crippen LogP contribution in [0.15, 0.2) is 48.5 Å². The predicted molar refractivity (Wildman–Crippen MR) is 171 cm³/mol. The van der Waals surface area contributed by atoms with Gasteiger partial charge in [-0.25, -0.2) is 0 Å². The molecule has 5 aliphatic rings. The summed E-state index contributed by atoms with van der Waals surface area (Å²) in [6.07, 6.45) is 2.26. The normalized spacial score (nSPS) is 33.9. The highest BCUT2D eigenvalue weighted by Crippen LogP contribution is 2.61. The standard InChI is InChI=1S/C36H50N4O4/c1-21-30-17-28(36(30,4)5)18-31(21)38-35(43)33-32(22(2)41)23(3)44-40(33)19-24-9-7-10-25(15-24)26-11-8-12-27(16-26)34(42)37-29-13-14-39(6)20-29/h7-12,15-16,21-23,28-33,41H,13-14,17-20H2,1-6H3,(H,37,42)(H,38,43)/t21-,22-,23-,28+,29-,30-,31-,32+,33-/m0/s1. The molecule has 2 aliphatic heterocycles. The van der Waals surface area contributed by atoms with Gasteiger partial charge in [-0.05, 0) is 105 Å². The van der Waals surface area contributed by atoms with Crippen LogP contribution in [0.2, 0.25) is 0 Å². The summed E-state index contributed by atoms with van der Waals surface area (Å²) in [5.41, 5.74) is 3.95. The average Bonchev–Trinajstić information content (AvgIpc) is 3.55. The lowest BCUT2D eigenvalue weighted by Gasteiger charge is -2.62. The van der Waals surface area contributed by atoms with E-state index in [1.54, 1.807) is 12.0 Å². The van der Waals surface area contributed by atoms with Gasteiger partial charge in [0.15, 0.2) is 0 Å². The van der Waals surface area contributed by atoms with E-state index in [9.17, 15) is 14.7 Å². The second-order valence-electron chi connectivity index (χ2n) is 14.7. The number of rotatable bonds is 8. The second-order valence-corrected chi connectivity index (χ2v) is 14.7. The first-order valence-corrected chi connectivity index (χ1v) is 16.5. The van der Waals surface area contributed by atoms with Crippen LogP contribution < -0.4 is 10.6 Å². The first-order valence-electron chi connectivity index (χ1n) is 16.5. The first kappa shape index (κ1) is 31.2. The van der Waals surface area contributed by atoms with Crippen molar-refractivity contribution >= 4 is 11.8 Å². The van der Waals surface area contributed by atoms with Crippen LogP contribution in [0.25, 0.3) is 11.1 Å². The van der Waals surface area contributed by atoms with Crippen molar-refractivity contribution in [3.05, 3.63) is 59.7 Å². The van der Waals surface area contributed by atoms with Crippen LogP contribution in [0.3, 0.4) is 0 Å². The number of aliphatic hydroxyl groups excluding tert-OH is 1. The maximum atomic E-state index is 14.0. The fraction of sp³-hybridized carbons (Fsp3) is 0.611. The van der Waals surface area contributed by atoms with Crippen LogP contribution in [-0.4, -0.2) is 77.4 Å². The number of nitrogens with zero attached hydrogens (tertiary/aromatic N) is 2. The number of nitrogens with one attached hydrogen (secondary N) is 2. The van der Waals surface area contributed by atoms with Gasteiger partial charge >= 0.3 is 0 Å². The molecule has 9 atom stereocenters. The number of benzene rings is 2. The molecule has 2 bridgehead atoms. The molecule has 238 valence electrons. The third-order valence-electron chi connectivity index (χ3n) is 11.5. The van der Waals surface area contributed by atoms with E-state index in [1.165, 1.54) is 6.42 Å². The Morgan fingerprint density at radius 1 is 1.07 bits per heavy atom. The summed E-state index contributed by atoms with van der Waals surface area (Å²) in [6, 6.07) is 15.7. The average molecular weight is 603 g/mol. The molecule has 5 fully saturated rings. The zero-order valence-electron chi connectivity index (χ0n) is 27.1. The van der Waals surface area contributed by atoms with E-state index < -0.39 is 12.1 Å². The van der Waals surface area contributed by atoms with Crippen molar-refractivity contribution in [3.63, 3.8) is 0 Å². The Balaban J connectivity index is 1.17. The number of amides is 2. The molecule has 2 heterocycles. The summed E-state index contributed by atoms with van der Waals surface area (Å²) in [5.74, 6) is 1.26. The van der Waals surface area contributed by atoms with Crippen molar-refractivity contribution in [1.29, 1.82) is 0 Å². The Hall–Kier alpha value is -2.78. The minimum Gasteiger partial charge on any atom is -0.393 e. The number of hydrogen-bond donors (Lipinski definition) is 3. The number of fused-ring (bicyclic) bond motifs is 2. The Bertz CT molecular complexity index is 1380. The highest BCUT2D eigenvalue weighted by molar-refractivity contribution is 5.95. The van der Waals surface area contributed by atoms with Crippen LogP contribution in [0, 0.1) is 29.1 Å². The molecule has 2 amide bonds. The maximum absolute atomic E-state index is 14.0. The van der Waals surface area contributed by atoms with E-state index in [0.29, 0.717) is 35.3 Å². The van der Waals surface area contributed by atoms with Crippen molar-refractivity contribution in [2.75, 3.05) is 20.1 Å². The zero-order valence-corrected chi connectivity index (χ0v) is 27.1. The molecule has 3 aliphatic carbocycles. The van der Waals surface area contributed by atoms with E-state index in [-0.39, 0.29) is 35.9 Å². The minimum atomic E-state index is -0.688. The molecule has 0 spiro atoms. The van der Waals surface area contributed by atoms with Crippen LogP contribution >= 0.6 is 0 Å². The molecule has 0 radical (unpaired) electrons. The smallest absolute Gasteiger partial charge is 0.251 e. The van der Waals surface area contributed by atoms with Crippen molar-refractivity contribution in [2.24, 2.45) is 29.1 Å². The van der Waals surface area contributed by atoms with Crippen LogP contribution in [0.1, 0.15) is 69.8 Å². The third-order valence-corrected chi connectivity index (χ3v) is 11.5. The van der Waals surface area contributed by atoms with Crippen molar-refractivity contribution in [1.82, 2.24) is 20.6 Å². The molecule has 8 nitrogen and oxygen atoms in total. The molecular formula is C36H50N4O4.